The second-order valence-electron chi connectivity index (χ2n) is 15.4. The Balaban J connectivity index is 3.65. The van der Waals surface area contributed by atoms with Gasteiger partial charge in [0, 0.05) is 12.8 Å². The van der Waals surface area contributed by atoms with Gasteiger partial charge in [0.15, 0.2) is 6.10 Å². The molecule has 0 bridgehead atoms. The molecule has 0 amide bonds. The fourth-order valence-corrected chi connectivity index (χ4v) is 6.13. The Morgan fingerprint density at radius 3 is 1.08 bits per heavy atom. The lowest BCUT2D eigenvalue weighted by atomic mass is 10.1. The summed E-state index contributed by atoms with van der Waals surface area (Å²) in [5, 5.41) is 9.60. The van der Waals surface area contributed by atoms with Crippen LogP contribution in [0.4, 0.5) is 0 Å². The van der Waals surface area contributed by atoms with Crippen LogP contribution in [0.2, 0.25) is 0 Å². The molecule has 0 radical (unpaired) electrons. The number of hydrogen-bond acceptors (Lipinski definition) is 5. The van der Waals surface area contributed by atoms with Gasteiger partial charge in [-0.25, -0.2) is 0 Å². The van der Waals surface area contributed by atoms with Crippen molar-refractivity contribution in [3.8, 4) is 0 Å². The molecule has 0 fully saturated rings. The van der Waals surface area contributed by atoms with Crippen LogP contribution in [-0.2, 0) is 19.1 Å². The van der Waals surface area contributed by atoms with Gasteiger partial charge in [-0.1, -0.05) is 193 Å². The first-order valence-corrected chi connectivity index (χ1v) is 24.1. The first-order valence-electron chi connectivity index (χ1n) is 24.1. The highest BCUT2D eigenvalue weighted by Gasteiger charge is 2.16. The van der Waals surface area contributed by atoms with E-state index in [0.717, 1.165) is 109 Å². The van der Waals surface area contributed by atoms with Gasteiger partial charge < -0.3 is 14.6 Å². The van der Waals surface area contributed by atoms with Crippen molar-refractivity contribution in [2.75, 3.05) is 13.2 Å². The largest absolute Gasteiger partial charge is 0.462 e. The van der Waals surface area contributed by atoms with Crippen LogP contribution in [0.5, 0.6) is 0 Å². The Hall–Kier alpha value is -3.70. The van der Waals surface area contributed by atoms with Crippen molar-refractivity contribution in [1.29, 1.82) is 0 Å². The standard InChI is InChI=1S/C55H88O5/c1-3-5-7-9-11-13-15-17-19-20-21-22-23-24-25-26-27-28-29-30-31-32-33-34-36-38-40-42-44-46-48-50-55(58)60-53(51-56)52-59-54(57)49-47-45-43-41-39-37-35-18-16-14-12-10-8-6-4-2/h5,7,11-14,17-19,21-22,24-25,27-28,30-31,33-35,53,56H,3-4,6,8-10,15-16,20,23,26,29,32,36-52H2,1-2H3/b7-5-,13-11-,14-12-,19-17-,22-21-,25-24-,28-27-,31-30-,34-33-,35-18-. The van der Waals surface area contributed by atoms with Crippen LogP contribution in [0, 0.1) is 0 Å². The quantitative estimate of drug-likeness (QED) is 0.0377. The van der Waals surface area contributed by atoms with Crippen molar-refractivity contribution in [3.05, 3.63) is 122 Å². The number of unbranched alkanes of at least 4 members (excludes halogenated alkanes) is 14. The SMILES string of the molecule is CC/C=C\C/C=C\C/C=C\C/C=C\C/C=C\C/C=C\C/C=C\C/C=C\CCCCCCCCC(=O)OC(CO)COC(=O)CCCCCCC/C=C\C/C=C\CCCCC. The molecule has 60 heavy (non-hydrogen) atoms. The third-order valence-corrected chi connectivity index (χ3v) is 9.74. The first-order chi connectivity index (χ1) is 29.6. The van der Waals surface area contributed by atoms with Gasteiger partial charge in [0.25, 0.3) is 0 Å². The van der Waals surface area contributed by atoms with E-state index in [1.807, 2.05) is 0 Å². The predicted molar refractivity (Wildman–Crippen MR) is 260 cm³/mol. The maximum absolute atomic E-state index is 12.2. The number of allylic oxidation sites excluding steroid dienone is 20. The Kier molecular flexibility index (Phi) is 46.6. The van der Waals surface area contributed by atoms with Crippen molar-refractivity contribution < 1.29 is 24.2 Å². The smallest absolute Gasteiger partial charge is 0.306 e. The van der Waals surface area contributed by atoms with E-state index in [1.165, 1.54) is 57.8 Å². The zero-order chi connectivity index (χ0) is 43.5. The number of carbonyl (C=O) groups excluding carboxylic acids is 2. The molecule has 0 saturated carbocycles. The molecule has 0 saturated heterocycles. The second kappa shape index (κ2) is 49.7. The first kappa shape index (κ1) is 56.3. The Labute approximate surface area is 369 Å². The van der Waals surface area contributed by atoms with Crippen LogP contribution in [0.3, 0.4) is 0 Å². The highest BCUT2D eigenvalue weighted by atomic mass is 16.6. The molecule has 338 valence electrons. The summed E-state index contributed by atoms with van der Waals surface area (Å²) in [6.45, 7) is 3.96. The van der Waals surface area contributed by atoms with E-state index >= 15 is 0 Å². The molecule has 1 N–H and O–H groups in total. The van der Waals surface area contributed by atoms with Crippen molar-refractivity contribution >= 4 is 11.9 Å². The Morgan fingerprint density at radius 2 is 0.717 bits per heavy atom. The summed E-state index contributed by atoms with van der Waals surface area (Å²) in [5.41, 5.74) is 0. The summed E-state index contributed by atoms with van der Waals surface area (Å²) in [6, 6.07) is 0. The monoisotopic (exact) mass is 829 g/mol. The van der Waals surface area contributed by atoms with Crippen molar-refractivity contribution in [2.24, 2.45) is 0 Å². The third-order valence-electron chi connectivity index (χ3n) is 9.74. The van der Waals surface area contributed by atoms with Crippen LogP contribution < -0.4 is 0 Å². The van der Waals surface area contributed by atoms with Crippen LogP contribution in [0.25, 0.3) is 0 Å². The number of hydrogen-bond donors (Lipinski definition) is 1. The number of rotatable bonds is 42. The van der Waals surface area contributed by atoms with E-state index in [-0.39, 0.29) is 25.2 Å². The van der Waals surface area contributed by atoms with E-state index in [9.17, 15) is 14.7 Å². The van der Waals surface area contributed by atoms with Crippen molar-refractivity contribution in [3.63, 3.8) is 0 Å². The highest BCUT2D eigenvalue weighted by molar-refractivity contribution is 5.70. The van der Waals surface area contributed by atoms with E-state index in [1.54, 1.807) is 0 Å². The molecule has 0 aromatic rings. The normalized spacial score (nSPS) is 13.3. The van der Waals surface area contributed by atoms with Gasteiger partial charge in [0.1, 0.15) is 6.61 Å². The summed E-state index contributed by atoms with van der Waals surface area (Å²) in [4.78, 5) is 24.4. The molecule has 0 aromatic heterocycles. The van der Waals surface area contributed by atoms with Gasteiger partial charge in [-0.15, -0.1) is 0 Å². The van der Waals surface area contributed by atoms with Crippen LogP contribution in [0.1, 0.15) is 194 Å². The molecule has 0 heterocycles. The molecular weight excluding hydrogens is 741 g/mol. The minimum atomic E-state index is -0.794. The van der Waals surface area contributed by atoms with Crippen molar-refractivity contribution in [1.82, 2.24) is 0 Å². The average molecular weight is 829 g/mol. The number of aliphatic hydroxyl groups excluding tert-OH is 1. The highest BCUT2D eigenvalue weighted by Crippen LogP contribution is 2.12. The lowest BCUT2D eigenvalue weighted by molar-refractivity contribution is -0.161. The fraction of sp³-hybridized carbons (Fsp3) is 0.600. The van der Waals surface area contributed by atoms with Gasteiger partial charge in [0.2, 0.25) is 0 Å². The Morgan fingerprint density at radius 1 is 0.400 bits per heavy atom. The fourth-order valence-electron chi connectivity index (χ4n) is 6.13. The molecule has 0 aliphatic carbocycles. The molecule has 0 aliphatic heterocycles. The van der Waals surface area contributed by atoms with Gasteiger partial charge >= 0.3 is 11.9 Å². The van der Waals surface area contributed by atoms with E-state index in [0.29, 0.717) is 12.8 Å². The topological polar surface area (TPSA) is 72.8 Å². The maximum atomic E-state index is 12.2. The van der Waals surface area contributed by atoms with Gasteiger partial charge in [0.05, 0.1) is 6.61 Å². The zero-order valence-electron chi connectivity index (χ0n) is 38.4. The lowest BCUT2D eigenvalue weighted by Crippen LogP contribution is -2.28. The molecule has 1 unspecified atom stereocenters. The number of carbonyl (C=O) groups is 2. The molecule has 0 aliphatic rings. The van der Waals surface area contributed by atoms with Crippen LogP contribution in [-0.4, -0.2) is 36.4 Å². The predicted octanol–water partition coefficient (Wildman–Crippen LogP) is 16.0. The summed E-state index contributed by atoms with van der Waals surface area (Å²) < 4.78 is 10.6. The molecule has 5 nitrogen and oxygen atoms in total. The molecule has 0 rings (SSSR count). The van der Waals surface area contributed by atoms with E-state index < -0.39 is 6.10 Å². The maximum Gasteiger partial charge on any atom is 0.306 e. The second-order valence-corrected chi connectivity index (χ2v) is 15.4. The average Bonchev–Trinajstić information content (AvgIpc) is 3.25. The molecule has 5 heteroatoms. The summed E-state index contributed by atoms with van der Waals surface area (Å²) in [5.74, 6) is -0.634. The van der Waals surface area contributed by atoms with Gasteiger partial charge in [-0.3, -0.25) is 9.59 Å². The number of aliphatic hydroxyl groups is 1. The lowest BCUT2D eigenvalue weighted by Gasteiger charge is -2.15. The zero-order valence-corrected chi connectivity index (χ0v) is 38.4. The van der Waals surface area contributed by atoms with Gasteiger partial charge in [-0.2, -0.15) is 0 Å². The van der Waals surface area contributed by atoms with Crippen LogP contribution >= 0.6 is 0 Å². The molecular formula is C55H88O5. The minimum absolute atomic E-state index is 0.0869. The summed E-state index contributed by atoms with van der Waals surface area (Å²) in [7, 11) is 0. The Bertz CT molecular complexity index is 1260. The van der Waals surface area contributed by atoms with Gasteiger partial charge in [-0.05, 0) is 109 Å². The third kappa shape index (κ3) is 47.0. The molecule has 1 atom stereocenters. The number of esters is 2. The summed E-state index contributed by atoms with van der Waals surface area (Å²) in [6.07, 6.45) is 72.7. The summed E-state index contributed by atoms with van der Waals surface area (Å²) >= 11 is 0. The van der Waals surface area contributed by atoms with E-state index in [2.05, 4.69) is 135 Å². The van der Waals surface area contributed by atoms with Crippen molar-refractivity contribution in [2.45, 2.75) is 200 Å². The minimum Gasteiger partial charge on any atom is -0.462 e. The molecule has 0 aromatic carbocycles. The number of ether oxygens (including phenoxy) is 2. The van der Waals surface area contributed by atoms with Crippen LogP contribution in [0.15, 0.2) is 122 Å². The van der Waals surface area contributed by atoms with E-state index in [4.69, 9.17) is 9.47 Å². The molecule has 0 spiro atoms.